The van der Waals surface area contributed by atoms with Crippen LogP contribution in [0, 0.1) is 11.8 Å². The molecular weight excluding hydrogens is 292 g/mol. The van der Waals surface area contributed by atoms with E-state index in [4.69, 9.17) is 9.84 Å². The largest absolute Gasteiger partial charge is 0.493 e. The van der Waals surface area contributed by atoms with Gasteiger partial charge < -0.3 is 20.5 Å². The van der Waals surface area contributed by atoms with Crippen molar-refractivity contribution in [2.75, 3.05) is 13.2 Å². The Labute approximate surface area is 137 Å². The molecule has 1 aromatic rings. The molecule has 2 amide bonds. The van der Waals surface area contributed by atoms with Crippen LogP contribution < -0.4 is 15.4 Å². The van der Waals surface area contributed by atoms with Crippen molar-refractivity contribution < 1.29 is 14.6 Å². The van der Waals surface area contributed by atoms with Crippen LogP contribution in [0.3, 0.4) is 0 Å². The van der Waals surface area contributed by atoms with Gasteiger partial charge in [0.2, 0.25) is 0 Å². The minimum absolute atomic E-state index is 0.00661. The first-order chi connectivity index (χ1) is 11.1. The highest BCUT2D eigenvalue weighted by atomic mass is 16.5. The van der Waals surface area contributed by atoms with Crippen molar-refractivity contribution in [1.82, 2.24) is 10.6 Å². The molecule has 0 fully saturated rings. The lowest BCUT2D eigenvalue weighted by atomic mass is 10.1. The number of benzene rings is 1. The summed E-state index contributed by atoms with van der Waals surface area (Å²) >= 11 is 0. The minimum atomic E-state index is -0.202. The second-order valence-electron chi connectivity index (χ2n) is 6.35. The molecule has 0 saturated heterocycles. The Kier molecular flexibility index (Phi) is 6.47. The minimum Gasteiger partial charge on any atom is -0.493 e. The molecule has 0 radical (unpaired) electrons. The van der Waals surface area contributed by atoms with E-state index in [0.29, 0.717) is 19.1 Å². The van der Waals surface area contributed by atoms with Crippen molar-refractivity contribution in [3.05, 3.63) is 42.0 Å². The Morgan fingerprint density at radius 3 is 2.91 bits per heavy atom. The molecule has 1 aliphatic rings. The molecule has 1 aromatic carbocycles. The van der Waals surface area contributed by atoms with Crippen molar-refractivity contribution in [3.63, 3.8) is 0 Å². The third-order valence-corrected chi connectivity index (χ3v) is 3.66. The lowest BCUT2D eigenvalue weighted by Gasteiger charge is -2.14. The topological polar surface area (TPSA) is 70.6 Å². The number of ether oxygens (including phenoxy) is 1. The lowest BCUT2D eigenvalue weighted by Crippen LogP contribution is -2.40. The highest BCUT2D eigenvalue weighted by Gasteiger charge is 2.19. The van der Waals surface area contributed by atoms with Crippen molar-refractivity contribution in [2.45, 2.75) is 32.9 Å². The van der Waals surface area contributed by atoms with E-state index in [2.05, 4.69) is 24.5 Å². The Morgan fingerprint density at radius 1 is 1.39 bits per heavy atom. The molecule has 2 rings (SSSR count). The summed E-state index contributed by atoms with van der Waals surface area (Å²) in [6.07, 6.45) is 4.63. The molecule has 0 heterocycles. The monoisotopic (exact) mass is 318 g/mol. The molecule has 0 saturated carbocycles. The Hall–Kier alpha value is -2.01. The normalized spacial score (nSPS) is 19.8. The second kappa shape index (κ2) is 8.58. The number of carbonyl (C=O) groups excluding carboxylic acids is 1. The number of rotatable bonds is 7. The van der Waals surface area contributed by atoms with Gasteiger partial charge in [0.1, 0.15) is 5.75 Å². The molecule has 3 N–H and O–H groups in total. The fraction of sp³-hybridized carbons (Fsp3) is 0.500. The predicted molar refractivity (Wildman–Crippen MR) is 90.3 cm³/mol. The molecule has 126 valence electrons. The van der Waals surface area contributed by atoms with E-state index in [1.165, 1.54) is 0 Å². The fourth-order valence-corrected chi connectivity index (χ4v) is 2.43. The number of urea groups is 1. The van der Waals surface area contributed by atoms with Crippen LogP contribution in [0.15, 0.2) is 36.4 Å². The van der Waals surface area contributed by atoms with E-state index in [1.54, 1.807) is 0 Å². The summed E-state index contributed by atoms with van der Waals surface area (Å²) in [5.41, 5.74) is 0.997. The maximum Gasteiger partial charge on any atom is 0.315 e. The van der Waals surface area contributed by atoms with Gasteiger partial charge in [0.05, 0.1) is 6.61 Å². The summed E-state index contributed by atoms with van der Waals surface area (Å²) in [7, 11) is 0. The van der Waals surface area contributed by atoms with E-state index in [9.17, 15) is 4.79 Å². The summed E-state index contributed by atoms with van der Waals surface area (Å²) in [5, 5.41) is 14.8. The SMILES string of the molecule is CC(C)COc1cccc(CNC(=O)N[C@@H]2C=C[C@H](CO)C2)c1. The van der Waals surface area contributed by atoms with Gasteiger partial charge in [0.15, 0.2) is 0 Å². The van der Waals surface area contributed by atoms with Crippen LogP contribution in [0.2, 0.25) is 0 Å². The van der Waals surface area contributed by atoms with Crippen LogP contribution in [-0.2, 0) is 6.54 Å². The lowest BCUT2D eigenvalue weighted by molar-refractivity contribution is 0.231. The number of hydrogen-bond donors (Lipinski definition) is 3. The maximum absolute atomic E-state index is 11.9. The van der Waals surface area contributed by atoms with E-state index >= 15 is 0 Å². The van der Waals surface area contributed by atoms with Crippen molar-refractivity contribution in [2.24, 2.45) is 11.8 Å². The van der Waals surface area contributed by atoms with Gasteiger partial charge in [-0.05, 0) is 30.0 Å². The molecule has 5 nitrogen and oxygen atoms in total. The highest BCUT2D eigenvalue weighted by molar-refractivity contribution is 5.74. The smallest absolute Gasteiger partial charge is 0.315 e. The molecule has 5 heteroatoms. The summed E-state index contributed by atoms with van der Waals surface area (Å²) in [5.74, 6) is 1.45. The predicted octanol–water partition coefficient (Wildman–Crippen LogP) is 2.46. The van der Waals surface area contributed by atoms with Crippen molar-refractivity contribution in [3.8, 4) is 5.75 Å². The van der Waals surface area contributed by atoms with Crippen LogP contribution in [0.25, 0.3) is 0 Å². The average Bonchev–Trinajstić information content (AvgIpc) is 2.99. The standard InChI is InChI=1S/C18H26N2O3/c1-13(2)12-23-17-5-3-4-14(9-17)10-19-18(22)20-16-7-6-15(8-16)11-21/h3-7,9,13,15-16,21H,8,10-12H2,1-2H3,(H2,19,20,22)/t15-,16+/m0/s1. The number of hydrogen-bond acceptors (Lipinski definition) is 3. The Bertz CT molecular complexity index is 543. The zero-order chi connectivity index (χ0) is 16.7. The van der Waals surface area contributed by atoms with Crippen LogP contribution in [-0.4, -0.2) is 30.4 Å². The highest BCUT2D eigenvalue weighted by Crippen LogP contribution is 2.17. The molecule has 1 aliphatic carbocycles. The molecule has 0 aliphatic heterocycles. The molecular formula is C18H26N2O3. The summed E-state index contributed by atoms with van der Waals surface area (Å²) in [6.45, 7) is 5.46. The number of amides is 2. The fourth-order valence-electron chi connectivity index (χ4n) is 2.43. The van der Waals surface area contributed by atoms with E-state index in [-0.39, 0.29) is 24.6 Å². The first-order valence-corrected chi connectivity index (χ1v) is 8.12. The van der Waals surface area contributed by atoms with Gasteiger partial charge in [-0.15, -0.1) is 0 Å². The number of aliphatic hydroxyl groups excluding tert-OH is 1. The molecule has 0 spiro atoms. The van der Waals surface area contributed by atoms with Gasteiger partial charge in [-0.25, -0.2) is 4.79 Å². The van der Waals surface area contributed by atoms with E-state index < -0.39 is 0 Å². The summed E-state index contributed by atoms with van der Waals surface area (Å²) in [6, 6.07) is 7.54. The van der Waals surface area contributed by atoms with Gasteiger partial charge in [0, 0.05) is 25.1 Å². The van der Waals surface area contributed by atoms with Crippen LogP contribution in [0.5, 0.6) is 5.75 Å². The average molecular weight is 318 g/mol. The maximum atomic E-state index is 11.9. The van der Waals surface area contributed by atoms with Gasteiger partial charge in [0.25, 0.3) is 0 Å². The molecule has 0 unspecified atom stereocenters. The molecule has 0 aromatic heterocycles. The van der Waals surface area contributed by atoms with Crippen LogP contribution in [0.4, 0.5) is 4.79 Å². The van der Waals surface area contributed by atoms with Crippen molar-refractivity contribution in [1.29, 1.82) is 0 Å². The van der Waals surface area contributed by atoms with Crippen LogP contribution in [0.1, 0.15) is 25.8 Å². The van der Waals surface area contributed by atoms with Gasteiger partial charge in [-0.1, -0.05) is 38.1 Å². The zero-order valence-corrected chi connectivity index (χ0v) is 13.8. The number of nitrogens with one attached hydrogen (secondary N) is 2. The Morgan fingerprint density at radius 2 is 2.22 bits per heavy atom. The van der Waals surface area contributed by atoms with Crippen molar-refractivity contribution >= 4 is 6.03 Å². The third kappa shape index (κ3) is 5.94. The first kappa shape index (κ1) is 17.3. The second-order valence-corrected chi connectivity index (χ2v) is 6.35. The van der Waals surface area contributed by atoms with Gasteiger partial charge >= 0.3 is 6.03 Å². The molecule has 0 bridgehead atoms. The number of aliphatic hydroxyl groups is 1. The zero-order valence-electron chi connectivity index (χ0n) is 13.8. The summed E-state index contributed by atoms with van der Waals surface area (Å²) < 4.78 is 5.69. The van der Waals surface area contributed by atoms with Crippen LogP contribution >= 0.6 is 0 Å². The first-order valence-electron chi connectivity index (χ1n) is 8.12. The Balaban J connectivity index is 1.76. The van der Waals surface area contributed by atoms with Gasteiger partial charge in [-0.3, -0.25) is 0 Å². The van der Waals surface area contributed by atoms with Gasteiger partial charge in [-0.2, -0.15) is 0 Å². The third-order valence-electron chi connectivity index (χ3n) is 3.66. The molecule has 2 atom stereocenters. The summed E-state index contributed by atoms with van der Waals surface area (Å²) in [4.78, 5) is 11.9. The number of carbonyl (C=O) groups is 1. The van der Waals surface area contributed by atoms with E-state index in [1.807, 2.05) is 36.4 Å². The quantitative estimate of drug-likeness (QED) is 0.676. The van der Waals surface area contributed by atoms with E-state index in [0.717, 1.165) is 17.7 Å². The molecule has 23 heavy (non-hydrogen) atoms.